The molecule has 0 unspecified atom stereocenters. The van der Waals surface area contributed by atoms with E-state index in [0.717, 1.165) is 18.5 Å². The molecule has 2 aromatic rings. The standard InChI is InChI=1S/C17H19N3O3/c21-16(22)10-13-6-8-19(9-7-13)17(23)14-11-18-20(12-14)15-4-2-1-3-5-15/h1-5,11-13H,6-10H2,(H,21,22). The molecule has 1 saturated heterocycles. The SMILES string of the molecule is O=C(O)CC1CCN(C(=O)c2cnn(-c3ccccc3)c2)CC1. The maximum absolute atomic E-state index is 12.5. The minimum absolute atomic E-state index is 0.0408. The predicted molar refractivity (Wildman–Crippen MR) is 84.4 cm³/mol. The number of rotatable bonds is 4. The molecule has 1 aliphatic rings. The number of nitrogens with zero attached hydrogens (tertiary/aromatic N) is 3. The van der Waals surface area contributed by atoms with E-state index in [2.05, 4.69) is 5.10 Å². The summed E-state index contributed by atoms with van der Waals surface area (Å²) in [6.07, 6.45) is 4.99. The topological polar surface area (TPSA) is 75.4 Å². The quantitative estimate of drug-likeness (QED) is 0.939. The van der Waals surface area contributed by atoms with Gasteiger partial charge in [-0.1, -0.05) is 18.2 Å². The van der Waals surface area contributed by atoms with E-state index in [4.69, 9.17) is 5.11 Å². The zero-order chi connectivity index (χ0) is 16.2. The van der Waals surface area contributed by atoms with Crippen LogP contribution in [-0.2, 0) is 4.79 Å². The molecule has 0 saturated carbocycles. The number of amides is 1. The number of carbonyl (C=O) groups is 2. The molecule has 3 rings (SSSR count). The van der Waals surface area contributed by atoms with E-state index < -0.39 is 5.97 Å². The summed E-state index contributed by atoms with van der Waals surface area (Å²) >= 11 is 0. The molecule has 0 radical (unpaired) electrons. The number of hydrogen-bond donors (Lipinski definition) is 1. The van der Waals surface area contributed by atoms with Crippen molar-refractivity contribution >= 4 is 11.9 Å². The molecule has 1 fully saturated rings. The molecule has 1 N–H and O–H groups in total. The van der Waals surface area contributed by atoms with Crippen LogP contribution in [0.15, 0.2) is 42.7 Å². The van der Waals surface area contributed by atoms with E-state index in [0.29, 0.717) is 18.7 Å². The van der Waals surface area contributed by atoms with Gasteiger partial charge in [-0.15, -0.1) is 0 Å². The Morgan fingerprint density at radius 1 is 1.17 bits per heavy atom. The second-order valence-electron chi connectivity index (χ2n) is 5.84. The van der Waals surface area contributed by atoms with Crippen molar-refractivity contribution in [2.75, 3.05) is 13.1 Å². The number of piperidine rings is 1. The van der Waals surface area contributed by atoms with Crippen LogP contribution in [0.1, 0.15) is 29.6 Å². The molecule has 23 heavy (non-hydrogen) atoms. The Morgan fingerprint density at radius 2 is 1.87 bits per heavy atom. The first-order chi connectivity index (χ1) is 11.1. The third kappa shape index (κ3) is 3.59. The highest BCUT2D eigenvalue weighted by atomic mass is 16.4. The van der Waals surface area contributed by atoms with Crippen LogP contribution in [0.5, 0.6) is 0 Å². The lowest BCUT2D eigenvalue weighted by molar-refractivity contribution is -0.138. The predicted octanol–water partition coefficient (Wildman–Crippen LogP) is 2.20. The zero-order valence-electron chi connectivity index (χ0n) is 12.8. The zero-order valence-corrected chi connectivity index (χ0v) is 12.8. The molecule has 0 bridgehead atoms. The number of likely N-dealkylation sites (tertiary alicyclic amines) is 1. The maximum atomic E-state index is 12.5. The van der Waals surface area contributed by atoms with Gasteiger partial charge in [0.25, 0.3) is 5.91 Å². The number of carboxylic acids is 1. The van der Waals surface area contributed by atoms with Crippen LogP contribution < -0.4 is 0 Å². The molecule has 1 amide bonds. The Labute approximate surface area is 134 Å². The average Bonchev–Trinajstić information content (AvgIpc) is 3.05. The second kappa shape index (κ2) is 6.64. The summed E-state index contributed by atoms with van der Waals surface area (Å²) in [7, 11) is 0. The van der Waals surface area contributed by atoms with Gasteiger partial charge in [-0.3, -0.25) is 9.59 Å². The van der Waals surface area contributed by atoms with Gasteiger partial charge in [0, 0.05) is 25.7 Å². The van der Waals surface area contributed by atoms with Crippen molar-refractivity contribution in [2.45, 2.75) is 19.3 Å². The van der Waals surface area contributed by atoms with Crippen LogP contribution >= 0.6 is 0 Å². The highest BCUT2D eigenvalue weighted by Gasteiger charge is 2.25. The van der Waals surface area contributed by atoms with E-state index >= 15 is 0 Å². The highest BCUT2D eigenvalue weighted by Crippen LogP contribution is 2.22. The van der Waals surface area contributed by atoms with E-state index in [1.165, 1.54) is 0 Å². The average molecular weight is 313 g/mol. The first-order valence-corrected chi connectivity index (χ1v) is 7.74. The molecule has 0 aliphatic carbocycles. The number of hydrogen-bond acceptors (Lipinski definition) is 3. The van der Waals surface area contributed by atoms with Gasteiger partial charge in [-0.2, -0.15) is 5.10 Å². The molecule has 2 heterocycles. The Hall–Kier alpha value is -2.63. The van der Waals surface area contributed by atoms with Gasteiger partial charge in [0.1, 0.15) is 0 Å². The fourth-order valence-corrected chi connectivity index (χ4v) is 2.92. The van der Waals surface area contributed by atoms with E-state index in [-0.39, 0.29) is 18.2 Å². The molecule has 0 spiro atoms. The van der Waals surface area contributed by atoms with Gasteiger partial charge in [0.2, 0.25) is 0 Å². The smallest absolute Gasteiger partial charge is 0.303 e. The summed E-state index contributed by atoms with van der Waals surface area (Å²) in [4.78, 5) is 25.1. The van der Waals surface area contributed by atoms with Crippen LogP contribution in [-0.4, -0.2) is 44.8 Å². The highest BCUT2D eigenvalue weighted by molar-refractivity contribution is 5.93. The van der Waals surface area contributed by atoms with Crippen molar-refractivity contribution in [1.82, 2.24) is 14.7 Å². The van der Waals surface area contributed by atoms with Crippen molar-refractivity contribution in [3.8, 4) is 5.69 Å². The monoisotopic (exact) mass is 313 g/mol. The number of aromatic nitrogens is 2. The molecule has 120 valence electrons. The fourth-order valence-electron chi connectivity index (χ4n) is 2.92. The first kappa shape index (κ1) is 15.3. The number of aliphatic carboxylic acids is 1. The molecule has 1 aromatic heterocycles. The van der Waals surface area contributed by atoms with Crippen molar-refractivity contribution in [3.63, 3.8) is 0 Å². The van der Waals surface area contributed by atoms with Crippen molar-refractivity contribution in [1.29, 1.82) is 0 Å². The number of benzene rings is 1. The number of carbonyl (C=O) groups excluding carboxylic acids is 1. The van der Waals surface area contributed by atoms with Crippen LogP contribution in [0.3, 0.4) is 0 Å². The summed E-state index contributed by atoms with van der Waals surface area (Å²) in [5.74, 6) is -0.636. The Kier molecular flexibility index (Phi) is 4.41. The largest absolute Gasteiger partial charge is 0.481 e. The van der Waals surface area contributed by atoms with Gasteiger partial charge < -0.3 is 10.0 Å². The van der Waals surface area contributed by atoms with E-state index in [1.807, 2.05) is 30.3 Å². The summed E-state index contributed by atoms with van der Waals surface area (Å²) in [5, 5.41) is 13.1. The number of carboxylic acid groups (broad SMARTS) is 1. The van der Waals surface area contributed by atoms with Gasteiger partial charge in [-0.25, -0.2) is 4.68 Å². The molecular weight excluding hydrogens is 294 g/mol. The number of para-hydroxylation sites is 1. The van der Waals surface area contributed by atoms with Crippen LogP contribution in [0.25, 0.3) is 5.69 Å². The third-order valence-corrected chi connectivity index (χ3v) is 4.22. The fraction of sp³-hybridized carbons (Fsp3) is 0.353. The van der Waals surface area contributed by atoms with Gasteiger partial charge in [-0.05, 0) is 30.9 Å². The normalized spacial score (nSPS) is 15.6. The molecule has 1 aliphatic heterocycles. The van der Waals surface area contributed by atoms with E-state index in [1.54, 1.807) is 22.0 Å². The van der Waals surface area contributed by atoms with Crippen molar-refractivity contribution in [3.05, 3.63) is 48.3 Å². The lowest BCUT2D eigenvalue weighted by Gasteiger charge is -2.31. The lowest BCUT2D eigenvalue weighted by Crippen LogP contribution is -2.38. The lowest BCUT2D eigenvalue weighted by atomic mass is 9.93. The maximum Gasteiger partial charge on any atom is 0.303 e. The minimum atomic E-state index is -0.765. The van der Waals surface area contributed by atoms with Gasteiger partial charge >= 0.3 is 5.97 Å². The molecular formula is C17H19N3O3. The van der Waals surface area contributed by atoms with Crippen LogP contribution in [0.4, 0.5) is 0 Å². The molecule has 0 atom stereocenters. The van der Waals surface area contributed by atoms with Crippen molar-refractivity contribution < 1.29 is 14.7 Å². The molecule has 1 aromatic carbocycles. The molecule has 6 heteroatoms. The Balaban J connectivity index is 1.63. The summed E-state index contributed by atoms with van der Waals surface area (Å²) in [5.41, 5.74) is 1.47. The summed E-state index contributed by atoms with van der Waals surface area (Å²) in [6.45, 7) is 1.21. The van der Waals surface area contributed by atoms with E-state index in [9.17, 15) is 9.59 Å². The Morgan fingerprint density at radius 3 is 2.52 bits per heavy atom. The Bertz CT molecular complexity index is 688. The van der Waals surface area contributed by atoms with Gasteiger partial charge in [0.05, 0.1) is 17.4 Å². The van der Waals surface area contributed by atoms with Gasteiger partial charge in [0.15, 0.2) is 0 Å². The van der Waals surface area contributed by atoms with Crippen LogP contribution in [0.2, 0.25) is 0 Å². The summed E-state index contributed by atoms with van der Waals surface area (Å²) < 4.78 is 1.68. The van der Waals surface area contributed by atoms with Crippen molar-refractivity contribution in [2.24, 2.45) is 5.92 Å². The first-order valence-electron chi connectivity index (χ1n) is 7.74. The minimum Gasteiger partial charge on any atom is -0.481 e. The van der Waals surface area contributed by atoms with Crippen LogP contribution in [0, 0.1) is 5.92 Å². The third-order valence-electron chi connectivity index (χ3n) is 4.22. The summed E-state index contributed by atoms with van der Waals surface area (Å²) in [6, 6.07) is 9.63. The molecule has 6 nitrogen and oxygen atoms in total. The second-order valence-corrected chi connectivity index (χ2v) is 5.84.